The second-order valence-electron chi connectivity index (χ2n) is 4.44. The number of carbonyl (C=O) groups excluding carboxylic acids is 1. The van der Waals surface area contributed by atoms with Gasteiger partial charge in [-0.05, 0) is 25.3 Å². The molecule has 6 nitrogen and oxygen atoms in total. The minimum atomic E-state index is -0.573. The van der Waals surface area contributed by atoms with Crippen LogP contribution in [0.2, 0.25) is 0 Å². The summed E-state index contributed by atoms with van der Waals surface area (Å²) >= 11 is 0. The van der Waals surface area contributed by atoms with Crippen LogP contribution in [0.3, 0.4) is 0 Å². The summed E-state index contributed by atoms with van der Waals surface area (Å²) in [4.78, 5) is 23.6. The fraction of sp³-hybridized carbons (Fsp3) is 0.583. The van der Waals surface area contributed by atoms with Gasteiger partial charge >= 0.3 is 5.88 Å². The van der Waals surface area contributed by atoms with E-state index in [2.05, 4.69) is 0 Å². The number of piperidine rings is 1. The maximum absolute atomic E-state index is 11.9. The number of hydrogen-bond donors (Lipinski definition) is 0. The molecule has 0 atom stereocenters. The van der Waals surface area contributed by atoms with Gasteiger partial charge in [0.1, 0.15) is 10.7 Å². The number of carbonyl (C=O) groups is 1. The molecule has 1 fully saturated rings. The molecule has 18 heavy (non-hydrogen) atoms. The maximum Gasteiger partial charge on any atom is 0.433 e. The molecule has 2 heterocycles. The molecule has 1 amide bonds. The van der Waals surface area contributed by atoms with Crippen molar-refractivity contribution in [3.63, 3.8) is 0 Å². The minimum Gasteiger partial charge on any atom is -0.406 e. The summed E-state index contributed by atoms with van der Waals surface area (Å²) in [6.07, 6.45) is 4.10. The Morgan fingerprint density at radius 2 is 2.06 bits per heavy atom. The fourth-order valence-corrected chi connectivity index (χ4v) is 2.13. The topological polar surface area (TPSA) is 76.6 Å². The van der Waals surface area contributed by atoms with Crippen LogP contribution in [0.1, 0.15) is 31.4 Å². The Morgan fingerprint density at radius 3 is 2.67 bits per heavy atom. The zero-order chi connectivity index (χ0) is 13.0. The van der Waals surface area contributed by atoms with Crippen LogP contribution in [0.15, 0.2) is 16.5 Å². The largest absolute Gasteiger partial charge is 0.433 e. The van der Waals surface area contributed by atoms with Gasteiger partial charge in [0.15, 0.2) is 0 Å². The highest BCUT2D eigenvalue weighted by atomic mass is 16.6. The van der Waals surface area contributed by atoms with Gasteiger partial charge in [0.25, 0.3) is 0 Å². The van der Waals surface area contributed by atoms with Gasteiger partial charge < -0.3 is 9.32 Å². The number of hydrogen-bond acceptors (Lipinski definition) is 4. The van der Waals surface area contributed by atoms with Crippen molar-refractivity contribution in [2.45, 2.75) is 32.1 Å². The Bertz CT molecular complexity index is 435. The van der Waals surface area contributed by atoms with Gasteiger partial charge in [-0.15, -0.1) is 0 Å². The van der Waals surface area contributed by atoms with Gasteiger partial charge in [-0.1, -0.05) is 0 Å². The fourth-order valence-electron chi connectivity index (χ4n) is 2.13. The standard InChI is InChI=1S/C12H16N2O4/c15-11(13-8-2-1-3-9-13)6-4-10-5-7-12(18-10)14(16)17/h5,7H,1-4,6,8-9H2. The van der Waals surface area contributed by atoms with E-state index >= 15 is 0 Å². The van der Waals surface area contributed by atoms with Gasteiger partial charge in [-0.25, -0.2) is 0 Å². The van der Waals surface area contributed by atoms with E-state index in [1.807, 2.05) is 4.90 Å². The molecule has 0 unspecified atom stereocenters. The number of rotatable bonds is 4. The molecule has 1 saturated heterocycles. The molecular weight excluding hydrogens is 236 g/mol. The van der Waals surface area contributed by atoms with Crippen LogP contribution in [0.5, 0.6) is 0 Å². The average molecular weight is 252 g/mol. The van der Waals surface area contributed by atoms with Crippen LogP contribution in [-0.2, 0) is 11.2 Å². The summed E-state index contributed by atoms with van der Waals surface area (Å²) in [5.74, 6) is 0.330. The molecule has 1 aliphatic rings. The molecule has 1 aliphatic heterocycles. The third-order valence-electron chi connectivity index (χ3n) is 3.12. The highest BCUT2D eigenvalue weighted by Crippen LogP contribution is 2.17. The lowest BCUT2D eigenvalue weighted by Gasteiger charge is -2.26. The molecule has 0 N–H and O–H groups in total. The number of amides is 1. The maximum atomic E-state index is 11.9. The van der Waals surface area contributed by atoms with Gasteiger partial charge in [-0.3, -0.25) is 14.9 Å². The molecule has 1 aromatic rings. The van der Waals surface area contributed by atoms with Crippen LogP contribution in [0, 0.1) is 10.1 Å². The van der Waals surface area contributed by atoms with Crippen LogP contribution < -0.4 is 0 Å². The lowest BCUT2D eigenvalue weighted by molar-refractivity contribution is -0.402. The van der Waals surface area contributed by atoms with E-state index in [0.717, 1.165) is 25.9 Å². The van der Waals surface area contributed by atoms with Gasteiger partial charge in [-0.2, -0.15) is 0 Å². The molecule has 0 spiro atoms. The number of furan rings is 1. The SMILES string of the molecule is O=C(CCc1ccc([N+](=O)[O-])o1)N1CCCCC1. The second-order valence-corrected chi connectivity index (χ2v) is 4.44. The van der Waals surface area contributed by atoms with E-state index in [-0.39, 0.29) is 11.8 Å². The number of nitro groups is 1. The first kappa shape index (κ1) is 12.6. The Balaban J connectivity index is 1.82. The summed E-state index contributed by atoms with van der Waals surface area (Å²) in [6.45, 7) is 1.66. The molecule has 98 valence electrons. The number of aryl methyl sites for hydroxylation is 1. The first-order valence-corrected chi connectivity index (χ1v) is 6.17. The van der Waals surface area contributed by atoms with Crippen LogP contribution in [0.4, 0.5) is 5.88 Å². The number of likely N-dealkylation sites (tertiary alicyclic amines) is 1. The van der Waals surface area contributed by atoms with Crippen molar-refractivity contribution in [2.75, 3.05) is 13.1 Å². The smallest absolute Gasteiger partial charge is 0.406 e. The molecular formula is C12H16N2O4. The van der Waals surface area contributed by atoms with Crippen molar-refractivity contribution < 1.29 is 14.1 Å². The Morgan fingerprint density at radius 1 is 1.33 bits per heavy atom. The molecule has 2 rings (SSSR count). The molecule has 0 radical (unpaired) electrons. The molecule has 0 saturated carbocycles. The number of nitrogens with zero attached hydrogens (tertiary/aromatic N) is 2. The molecule has 6 heteroatoms. The third kappa shape index (κ3) is 3.09. The lowest BCUT2D eigenvalue weighted by Crippen LogP contribution is -2.35. The zero-order valence-electron chi connectivity index (χ0n) is 10.1. The first-order chi connectivity index (χ1) is 8.66. The van der Waals surface area contributed by atoms with Crippen LogP contribution in [0.25, 0.3) is 0 Å². The summed E-state index contributed by atoms with van der Waals surface area (Å²) in [5, 5.41) is 10.4. The quantitative estimate of drug-likeness (QED) is 0.607. The van der Waals surface area contributed by atoms with E-state index < -0.39 is 4.92 Å². The highest BCUT2D eigenvalue weighted by molar-refractivity contribution is 5.76. The Hall–Kier alpha value is -1.85. The van der Waals surface area contributed by atoms with Crippen molar-refractivity contribution in [2.24, 2.45) is 0 Å². The van der Waals surface area contributed by atoms with Gasteiger partial charge in [0, 0.05) is 25.9 Å². The highest BCUT2D eigenvalue weighted by Gasteiger charge is 2.17. The van der Waals surface area contributed by atoms with E-state index in [1.165, 1.54) is 12.5 Å². The van der Waals surface area contributed by atoms with Crippen LogP contribution >= 0.6 is 0 Å². The summed E-state index contributed by atoms with van der Waals surface area (Å²) in [7, 11) is 0. The first-order valence-electron chi connectivity index (χ1n) is 6.17. The Kier molecular flexibility index (Phi) is 3.96. The van der Waals surface area contributed by atoms with Crippen molar-refractivity contribution in [1.82, 2.24) is 4.90 Å². The molecule has 0 aliphatic carbocycles. The minimum absolute atomic E-state index is 0.105. The van der Waals surface area contributed by atoms with Crippen molar-refractivity contribution in [1.29, 1.82) is 0 Å². The summed E-state index contributed by atoms with van der Waals surface area (Å²) in [5.41, 5.74) is 0. The van der Waals surface area contributed by atoms with E-state index in [4.69, 9.17) is 4.42 Å². The predicted molar refractivity (Wildman–Crippen MR) is 64.1 cm³/mol. The van der Waals surface area contributed by atoms with E-state index in [0.29, 0.717) is 18.6 Å². The molecule has 0 bridgehead atoms. The monoisotopic (exact) mass is 252 g/mol. The third-order valence-corrected chi connectivity index (χ3v) is 3.12. The second kappa shape index (κ2) is 5.66. The normalized spacial score (nSPS) is 15.7. The molecule has 0 aromatic carbocycles. The van der Waals surface area contributed by atoms with Crippen molar-refractivity contribution in [3.05, 3.63) is 28.0 Å². The predicted octanol–water partition coefficient (Wildman–Crippen LogP) is 2.13. The lowest BCUT2D eigenvalue weighted by atomic mass is 10.1. The summed E-state index contributed by atoms with van der Waals surface area (Å²) < 4.78 is 5.01. The van der Waals surface area contributed by atoms with E-state index in [9.17, 15) is 14.9 Å². The average Bonchev–Trinajstić information content (AvgIpc) is 2.86. The Labute approximate surface area is 105 Å². The van der Waals surface area contributed by atoms with Gasteiger partial charge in [0.2, 0.25) is 5.91 Å². The van der Waals surface area contributed by atoms with Crippen LogP contribution in [-0.4, -0.2) is 28.8 Å². The van der Waals surface area contributed by atoms with Crippen molar-refractivity contribution >= 4 is 11.8 Å². The summed E-state index contributed by atoms with van der Waals surface area (Å²) in [6, 6.07) is 2.88. The van der Waals surface area contributed by atoms with E-state index in [1.54, 1.807) is 6.07 Å². The molecule has 1 aromatic heterocycles. The van der Waals surface area contributed by atoms with Crippen molar-refractivity contribution in [3.8, 4) is 0 Å². The van der Waals surface area contributed by atoms with Gasteiger partial charge in [0.05, 0.1) is 6.07 Å². The zero-order valence-corrected chi connectivity index (χ0v) is 10.1.